The van der Waals surface area contributed by atoms with E-state index < -0.39 is 0 Å². The fraction of sp³-hybridized carbons (Fsp3) is 0.929. The zero-order chi connectivity index (χ0) is 13.1. The second-order valence-electron chi connectivity index (χ2n) is 4.67. The van der Waals surface area contributed by atoms with Gasteiger partial charge in [-0.05, 0) is 44.4 Å². The minimum Gasteiger partial charge on any atom is -0.299 e. The summed E-state index contributed by atoms with van der Waals surface area (Å²) in [4.78, 5) is 0. The molecule has 0 aliphatic carbocycles. The van der Waals surface area contributed by atoms with E-state index in [-0.39, 0.29) is 5.54 Å². The zero-order valence-electron chi connectivity index (χ0n) is 11.9. The van der Waals surface area contributed by atoms with Crippen molar-refractivity contribution in [3.05, 3.63) is 0 Å². The number of thioether (sulfide) groups is 1. The van der Waals surface area contributed by atoms with Gasteiger partial charge in [-0.15, -0.1) is 0 Å². The van der Waals surface area contributed by atoms with Crippen molar-refractivity contribution in [3.63, 3.8) is 0 Å². The molecule has 0 saturated heterocycles. The van der Waals surface area contributed by atoms with Crippen LogP contribution in [-0.4, -0.2) is 23.1 Å². The summed E-state index contributed by atoms with van der Waals surface area (Å²) >= 11 is 2.02. The van der Waals surface area contributed by atoms with Gasteiger partial charge in [-0.3, -0.25) is 5.32 Å². The molecular weight excluding hydrogens is 228 g/mol. The van der Waals surface area contributed by atoms with Crippen LogP contribution in [0, 0.1) is 11.3 Å². The molecule has 0 aromatic heterocycles. The maximum Gasteiger partial charge on any atom is 0.106 e. The predicted molar refractivity (Wildman–Crippen MR) is 78.4 cm³/mol. The van der Waals surface area contributed by atoms with E-state index in [1.54, 1.807) is 0 Å². The minimum atomic E-state index is -0.286. The van der Waals surface area contributed by atoms with Gasteiger partial charge in [-0.25, -0.2) is 0 Å². The lowest BCUT2D eigenvalue weighted by Crippen LogP contribution is -2.43. The summed E-state index contributed by atoms with van der Waals surface area (Å²) < 4.78 is 0. The average Bonchev–Trinajstić information content (AvgIpc) is 2.38. The summed E-state index contributed by atoms with van der Waals surface area (Å²) in [6.45, 7) is 9.70. The summed E-state index contributed by atoms with van der Waals surface area (Å²) in [5.41, 5.74) is -0.286. The molecule has 0 aromatic rings. The number of nitrogens with zero attached hydrogens (tertiary/aromatic N) is 1. The van der Waals surface area contributed by atoms with E-state index in [1.165, 1.54) is 12.2 Å². The Bertz CT molecular complexity index is 225. The van der Waals surface area contributed by atoms with E-state index in [4.69, 9.17) is 0 Å². The van der Waals surface area contributed by atoms with Crippen molar-refractivity contribution in [1.82, 2.24) is 5.32 Å². The Labute approximate surface area is 112 Å². The number of nitriles is 1. The third kappa shape index (κ3) is 6.95. The van der Waals surface area contributed by atoms with Gasteiger partial charge < -0.3 is 0 Å². The van der Waals surface area contributed by atoms with Gasteiger partial charge in [0, 0.05) is 5.25 Å². The molecule has 2 atom stereocenters. The van der Waals surface area contributed by atoms with Crippen LogP contribution in [0.3, 0.4) is 0 Å². The highest BCUT2D eigenvalue weighted by Gasteiger charge is 2.26. The molecule has 0 aliphatic heterocycles. The van der Waals surface area contributed by atoms with Gasteiger partial charge in [0.25, 0.3) is 0 Å². The lowest BCUT2D eigenvalue weighted by Gasteiger charge is -2.26. The molecule has 0 saturated carbocycles. The maximum atomic E-state index is 9.34. The first-order chi connectivity index (χ1) is 8.14. The van der Waals surface area contributed by atoms with Crippen LogP contribution in [-0.2, 0) is 0 Å². The van der Waals surface area contributed by atoms with Crippen molar-refractivity contribution in [2.24, 2.45) is 0 Å². The Balaban J connectivity index is 3.96. The second kappa shape index (κ2) is 9.79. The molecule has 17 heavy (non-hydrogen) atoms. The van der Waals surface area contributed by atoms with Gasteiger partial charge >= 0.3 is 0 Å². The number of nitrogens with one attached hydrogen (secondary N) is 1. The van der Waals surface area contributed by atoms with Crippen molar-refractivity contribution in [2.45, 2.75) is 70.6 Å². The van der Waals surface area contributed by atoms with Gasteiger partial charge in [-0.1, -0.05) is 27.7 Å². The van der Waals surface area contributed by atoms with Crippen LogP contribution in [0.4, 0.5) is 0 Å². The summed E-state index contributed by atoms with van der Waals surface area (Å²) in [5.74, 6) is 1.17. The van der Waals surface area contributed by atoms with Crippen LogP contribution in [0.15, 0.2) is 0 Å². The Morgan fingerprint density at radius 1 is 1.35 bits per heavy atom. The van der Waals surface area contributed by atoms with Crippen molar-refractivity contribution < 1.29 is 0 Å². The first-order valence-corrected chi connectivity index (χ1v) is 7.96. The Morgan fingerprint density at radius 3 is 2.53 bits per heavy atom. The van der Waals surface area contributed by atoms with Gasteiger partial charge in [0.05, 0.1) is 6.07 Å². The van der Waals surface area contributed by atoms with Gasteiger partial charge in [0.15, 0.2) is 0 Å². The number of hydrogen-bond donors (Lipinski definition) is 1. The number of rotatable bonds is 10. The molecule has 0 aromatic carbocycles. The quantitative estimate of drug-likeness (QED) is 0.601. The van der Waals surface area contributed by atoms with Crippen LogP contribution in [0.1, 0.15) is 59.8 Å². The molecule has 0 aliphatic rings. The van der Waals surface area contributed by atoms with Crippen LogP contribution in [0.25, 0.3) is 0 Å². The summed E-state index contributed by atoms with van der Waals surface area (Å²) in [6.07, 6.45) is 5.33. The Hall–Kier alpha value is -0.200. The predicted octanol–water partition coefficient (Wildman–Crippen LogP) is 3.97. The highest BCUT2D eigenvalue weighted by molar-refractivity contribution is 7.99. The molecule has 0 rings (SSSR count). The molecule has 0 fully saturated rings. The van der Waals surface area contributed by atoms with Crippen molar-refractivity contribution in [1.29, 1.82) is 5.26 Å². The van der Waals surface area contributed by atoms with Gasteiger partial charge in [0.2, 0.25) is 0 Å². The molecule has 0 bridgehead atoms. The van der Waals surface area contributed by atoms with Crippen LogP contribution >= 0.6 is 11.8 Å². The molecular formula is C14H28N2S. The molecule has 0 spiro atoms. The second-order valence-corrected chi connectivity index (χ2v) is 6.21. The first-order valence-electron chi connectivity index (χ1n) is 6.92. The third-order valence-corrected chi connectivity index (χ3v) is 4.68. The standard InChI is InChI=1S/C14H28N2S/c1-5-10-16-14(7-3,12-15)9-8-11-17-13(4)6-2/h13,16H,5-11H2,1-4H3. The van der Waals surface area contributed by atoms with Gasteiger partial charge in [-0.2, -0.15) is 17.0 Å². The van der Waals surface area contributed by atoms with Crippen molar-refractivity contribution in [3.8, 4) is 6.07 Å². The van der Waals surface area contributed by atoms with E-state index >= 15 is 0 Å². The third-order valence-electron chi connectivity index (χ3n) is 3.26. The monoisotopic (exact) mass is 256 g/mol. The average molecular weight is 256 g/mol. The van der Waals surface area contributed by atoms with Crippen LogP contribution < -0.4 is 5.32 Å². The van der Waals surface area contributed by atoms with Crippen LogP contribution in [0.2, 0.25) is 0 Å². The first kappa shape index (κ1) is 16.8. The van der Waals surface area contributed by atoms with Crippen molar-refractivity contribution >= 4 is 11.8 Å². The van der Waals surface area contributed by atoms with E-state index in [0.717, 1.165) is 37.5 Å². The molecule has 0 radical (unpaired) electrons. The highest BCUT2D eigenvalue weighted by atomic mass is 32.2. The topological polar surface area (TPSA) is 35.8 Å². The molecule has 0 amide bonds. The van der Waals surface area contributed by atoms with Crippen LogP contribution in [0.5, 0.6) is 0 Å². The molecule has 0 heterocycles. The lowest BCUT2D eigenvalue weighted by atomic mass is 9.92. The molecule has 2 unspecified atom stereocenters. The SMILES string of the molecule is CCCNC(C#N)(CC)CCCSC(C)CC. The Kier molecular flexibility index (Phi) is 9.68. The fourth-order valence-electron chi connectivity index (χ4n) is 1.71. The minimum absolute atomic E-state index is 0.286. The largest absolute Gasteiger partial charge is 0.299 e. The van der Waals surface area contributed by atoms with E-state index in [1.807, 2.05) is 11.8 Å². The molecule has 1 N–H and O–H groups in total. The van der Waals surface area contributed by atoms with E-state index in [2.05, 4.69) is 39.1 Å². The number of hydrogen-bond acceptors (Lipinski definition) is 3. The van der Waals surface area contributed by atoms with E-state index in [9.17, 15) is 5.26 Å². The van der Waals surface area contributed by atoms with Crippen molar-refractivity contribution in [2.75, 3.05) is 12.3 Å². The van der Waals surface area contributed by atoms with Gasteiger partial charge in [0.1, 0.15) is 5.54 Å². The summed E-state index contributed by atoms with van der Waals surface area (Å²) in [5, 5.41) is 13.5. The summed E-state index contributed by atoms with van der Waals surface area (Å²) in [7, 11) is 0. The maximum absolute atomic E-state index is 9.34. The molecule has 100 valence electrons. The fourth-order valence-corrected chi connectivity index (χ4v) is 2.65. The smallest absolute Gasteiger partial charge is 0.106 e. The normalized spacial score (nSPS) is 16.2. The Morgan fingerprint density at radius 2 is 2.06 bits per heavy atom. The highest BCUT2D eigenvalue weighted by Crippen LogP contribution is 2.21. The zero-order valence-corrected chi connectivity index (χ0v) is 12.7. The lowest BCUT2D eigenvalue weighted by molar-refractivity contribution is 0.371. The van der Waals surface area contributed by atoms with E-state index in [0.29, 0.717) is 0 Å². The summed E-state index contributed by atoms with van der Waals surface area (Å²) in [6, 6.07) is 2.48. The molecule has 3 heteroatoms. The molecule has 2 nitrogen and oxygen atoms in total.